The average molecular weight is 235 g/mol. The van der Waals surface area contributed by atoms with E-state index in [0.29, 0.717) is 6.41 Å². The number of aliphatic carboxylic acids is 1. The van der Waals surface area contributed by atoms with Gasteiger partial charge in [-0.25, -0.2) is 5.43 Å². The molecular formula is C11H13N3O3. The van der Waals surface area contributed by atoms with Crippen LogP contribution in [-0.4, -0.2) is 29.7 Å². The van der Waals surface area contributed by atoms with Gasteiger partial charge in [-0.1, -0.05) is 24.3 Å². The molecule has 0 radical (unpaired) electrons. The summed E-state index contributed by atoms with van der Waals surface area (Å²) in [5.41, 5.74) is 9.19. The highest BCUT2D eigenvalue weighted by Crippen LogP contribution is 2.05. The second-order valence-electron chi connectivity index (χ2n) is 3.40. The Kier molecular flexibility index (Phi) is 4.83. The number of hydrogen-bond donors (Lipinski definition) is 3. The maximum Gasteiger partial charge on any atom is 0.320 e. The summed E-state index contributed by atoms with van der Waals surface area (Å²) in [7, 11) is 0. The topological polar surface area (TPSA) is 105 Å². The van der Waals surface area contributed by atoms with E-state index >= 15 is 0 Å². The van der Waals surface area contributed by atoms with Crippen molar-refractivity contribution >= 4 is 18.6 Å². The van der Waals surface area contributed by atoms with Crippen molar-refractivity contribution in [3.05, 3.63) is 35.4 Å². The van der Waals surface area contributed by atoms with E-state index in [-0.39, 0.29) is 6.42 Å². The molecule has 0 aromatic heterocycles. The maximum absolute atomic E-state index is 10.6. The third-order valence-corrected chi connectivity index (χ3v) is 2.09. The van der Waals surface area contributed by atoms with Gasteiger partial charge in [0.05, 0.1) is 6.21 Å². The summed E-state index contributed by atoms with van der Waals surface area (Å²) in [5.74, 6) is -1.02. The molecule has 6 nitrogen and oxygen atoms in total. The molecule has 90 valence electrons. The third-order valence-electron chi connectivity index (χ3n) is 2.09. The fourth-order valence-corrected chi connectivity index (χ4v) is 1.22. The molecule has 1 amide bonds. The molecule has 1 aromatic rings. The summed E-state index contributed by atoms with van der Waals surface area (Å²) in [6.45, 7) is 0. The van der Waals surface area contributed by atoms with Crippen LogP contribution in [0, 0.1) is 0 Å². The minimum atomic E-state index is -1.02. The van der Waals surface area contributed by atoms with Crippen LogP contribution in [-0.2, 0) is 16.0 Å². The zero-order chi connectivity index (χ0) is 12.7. The van der Waals surface area contributed by atoms with Crippen molar-refractivity contribution in [3.63, 3.8) is 0 Å². The Bertz CT molecular complexity index is 414. The fraction of sp³-hybridized carbons (Fsp3) is 0.182. The summed E-state index contributed by atoms with van der Waals surface area (Å²) in [4.78, 5) is 20.5. The average Bonchev–Trinajstić information content (AvgIpc) is 2.31. The number of amides is 1. The SMILES string of the molecule is NC(Cc1ccc(/C=N\NC=O)cc1)C(=O)O. The lowest BCUT2D eigenvalue weighted by molar-refractivity contribution is -0.138. The largest absolute Gasteiger partial charge is 0.480 e. The number of benzene rings is 1. The van der Waals surface area contributed by atoms with Gasteiger partial charge in [0.1, 0.15) is 6.04 Å². The number of hydrogen-bond acceptors (Lipinski definition) is 4. The smallest absolute Gasteiger partial charge is 0.320 e. The molecule has 0 aliphatic carbocycles. The van der Waals surface area contributed by atoms with Crippen LogP contribution in [0.25, 0.3) is 0 Å². The van der Waals surface area contributed by atoms with E-state index in [0.717, 1.165) is 11.1 Å². The first kappa shape index (κ1) is 12.9. The van der Waals surface area contributed by atoms with Crippen molar-refractivity contribution < 1.29 is 14.7 Å². The number of carbonyl (C=O) groups excluding carboxylic acids is 1. The van der Waals surface area contributed by atoms with Gasteiger partial charge in [-0.05, 0) is 17.5 Å². The second-order valence-corrected chi connectivity index (χ2v) is 3.40. The second kappa shape index (κ2) is 6.39. The van der Waals surface area contributed by atoms with Crippen molar-refractivity contribution in [1.82, 2.24) is 5.43 Å². The number of nitrogens with zero attached hydrogens (tertiary/aromatic N) is 1. The molecule has 0 bridgehead atoms. The first-order valence-corrected chi connectivity index (χ1v) is 4.93. The van der Waals surface area contributed by atoms with Crippen LogP contribution in [0.5, 0.6) is 0 Å². The molecule has 4 N–H and O–H groups in total. The summed E-state index contributed by atoms with van der Waals surface area (Å²) >= 11 is 0. The van der Waals surface area contributed by atoms with Gasteiger partial charge in [0.2, 0.25) is 6.41 Å². The molecule has 1 unspecified atom stereocenters. The summed E-state index contributed by atoms with van der Waals surface area (Å²) < 4.78 is 0. The van der Waals surface area contributed by atoms with Crippen LogP contribution in [0.1, 0.15) is 11.1 Å². The molecule has 1 aromatic carbocycles. The lowest BCUT2D eigenvalue weighted by Gasteiger charge is -2.06. The number of carboxylic acid groups (broad SMARTS) is 1. The molecule has 0 spiro atoms. The van der Waals surface area contributed by atoms with Crippen LogP contribution >= 0.6 is 0 Å². The predicted octanol–water partition coefficient (Wildman–Crippen LogP) is -0.279. The van der Waals surface area contributed by atoms with Crippen LogP contribution in [0.3, 0.4) is 0 Å². The highest BCUT2D eigenvalue weighted by Gasteiger charge is 2.11. The minimum absolute atomic E-state index is 0.277. The summed E-state index contributed by atoms with van der Waals surface area (Å²) in [6, 6.07) is 6.17. The van der Waals surface area contributed by atoms with Crippen LogP contribution in [0.15, 0.2) is 29.4 Å². The molecule has 1 atom stereocenters. The van der Waals surface area contributed by atoms with Gasteiger partial charge in [-0.15, -0.1) is 0 Å². The maximum atomic E-state index is 10.6. The number of nitrogens with two attached hydrogens (primary N) is 1. The highest BCUT2D eigenvalue weighted by atomic mass is 16.4. The Hall–Kier alpha value is -2.21. The molecule has 6 heteroatoms. The summed E-state index contributed by atoms with van der Waals surface area (Å²) in [5, 5.41) is 12.3. The Morgan fingerprint density at radius 2 is 2.12 bits per heavy atom. The quantitative estimate of drug-likeness (QED) is 0.358. The van der Waals surface area contributed by atoms with Crippen LogP contribution in [0.4, 0.5) is 0 Å². The van der Waals surface area contributed by atoms with Crippen molar-refractivity contribution in [3.8, 4) is 0 Å². The van der Waals surface area contributed by atoms with Gasteiger partial charge in [0.25, 0.3) is 0 Å². The standard InChI is InChI=1S/C11H13N3O3/c12-10(11(16)17)5-8-1-3-9(4-2-8)6-13-14-7-15/h1-4,6-7,10H,5,12H2,(H,14,15)(H,16,17)/b13-6-. The van der Waals surface area contributed by atoms with E-state index in [1.54, 1.807) is 24.3 Å². The highest BCUT2D eigenvalue weighted by molar-refractivity contribution is 5.80. The minimum Gasteiger partial charge on any atom is -0.480 e. The van der Waals surface area contributed by atoms with E-state index in [9.17, 15) is 9.59 Å². The molecule has 0 heterocycles. The van der Waals surface area contributed by atoms with Gasteiger partial charge in [-0.3, -0.25) is 9.59 Å². The molecule has 0 saturated carbocycles. The van der Waals surface area contributed by atoms with Gasteiger partial charge < -0.3 is 10.8 Å². The molecule has 1 rings (SSSR count). The van der Waals surface area contributed by atoms with E-state index in [2.05, 4.69) is 10.5 Å². The van der Waals surface area contributed by atoms with Crippen molar-refractivity contribution in [2.75, 3.05) is 0 Å². The first-order chi connectivity index (χ1) is 8.13. The Labute approximate surface area is 98.1 Å². The number of rotatable bonds is 6. The van der Waals surface area contributed by atoms with Crippen molar-refractivity contribution in [2.24, 2.45) is 10.8 Å². The van der Waals surface area contributed by atoms with Gasteiger partial charge >= 0.3 is 5.97 Å². The normalized spacial score (nSPS) is 12.3. The number of carbonyl (C=O) groups is 2. The van der Waals surface area contributed by atoms with Crippen molar-refractivity contribution in [1.29, 1.82) is 0 Å². The first-order valence-electron chi connectivity index (χ1n) is 4.93. The van der Waals surface area contributed by atoms with E-state index in [1.165, 1.54) is 6.21 Å². The van der Waals surface area contributed by atoms with Gasteiger partial charge in [0, 0.05) is 0 Å². The molecule has 0 saturated heterocycles. The van der Waals surface area contributed by atoms with E-state index in [4.69, 9.17) is 10.8 Å². The monoisotopic (exact) mass is 235 g/mol. The van der Waals surface area contributed by atoms with Gasteiger partial charge in [0.15, 0.2) is 0 Å². The number of hydrazone groups is 1. The van der Waals surface area contributed by atoms with E-state index in [1.807, 2.05) is 0 Å². The molecule has 0 fully saturated rings. The number of carboxylic acids is 1. The zero-order valence-electron chi connectivity index (χ0n) is 9.04. The van der Waals surface area contributed by atoms with Gasteiger partial charge in [-0.2, -0.15) is 5.10 Å². The lowest BCUT2D eigenvalue weighted by atomic mass is 10.1. The van der Waals surface area contributed by atoms with Crippen molar-refractivity contribution in [2.45, 2.75) is 12.5 Å². The van der Waals surface area contributed by atoms with E-state index < -0.39 is 12.0 Å². The molecule has 0 aliphatic rings. The Morgan fingerprint density at radius 1 is 1.47 bits per heavy atom. The predicted molar refractivity (Wildman–Crippen MR) is 62.6 cm³/mol. The zero-order valence-corrected chi connectivity index (χ0v) is 9.04. The van der Waals surface area contributed by atoms with Crippen LogP contribution in [0.2, 0.25) is 0 Å². The number of nitrogens with one attached hydrogen (secondary N) is 1. The molecule has 17 heavy (non-hydrogen) atoms. The van der Waals surface area contributed by atoms with Crippen LogP contribution < -0.4 is 11.2 Å². The Balaban J connectivity index is 2.61. The summed E-state index contributed by atoms with van der Waals surface area (Å²) in [6.07, 6.45) is 2.23. The molecular weight excluding hydrogens is 222 g/mol. The Morgan fingerprint density at radius 3 is 2.65 bits per heavy atom. The molecule has 0 aliphatic heterocycles. The lowest BCUT2D eigenvalue weighted by Crippen LogP contribution is -2.32. The third kappa shape index (κ3) is 4.43. The fourth-order valence-electron chi connectivity index (χ4n) is 1.22.